The second-order valence-corrected chi connectivity index (χ2v) is 7.35. The lowest BCUT2D eigenvalue weighted by molar-refractivity contribution is -0.122. The molecule has 3 aromatic rings. The van der Waals surface area contributed by atoms with Gasteiger partial charge in [0.1, 0.15) is 0 Å². The van der Waals surface area contributed by atoms with Crippen molar-refractivity contribution < 1.29 is 19.2 Å². The van der Waals surface area contributed by atoms with Crippen molar-refractivity contribution in [2.24, 2.45) is 5.41 Å². The van der Waals surface area contributed by atoms with E-state index in [2.05, 4.69) is 39.7 Å². The number of para-hydroxylation sites is 1. The molecule has 2 aromatic heterocycles. The maximum absolute atomic E-state index is 12.5. The predicted molar refractivity (Wildman–Crippen MR) is 102 cm³/mol. The topological polar surface area (TPSA) is 111 Å². The Morgan fingerprint density at radius 1 is 1.39 bits per heavy atom. The van der Waals surface area contributed by atoms with Gasteiger partial charge in [-0.1, -0.05) is 23.4 Å². The van der Waals surface area contributed by atoms with Crippen LogP contribution in [-0.2, 0) is 11.3 Å². The summed E-state index contributed by atoms with van der Waals surface area (Å²) in [6.45, 7) is 2.06. The summed E-state index contributed by atoms with van der Waals surface area (Å²) in [5.41, 5.74) is 2.58. The Labute approximate surface area is 161 Å². The Kier molecular flexibility index (Phi) is 4.87. The summed E-state index contributed by atoms with van der Waals surface area (Å²) in [5.74, 6) is 0.269. The Morgan fingerprint density at radius 3 is 2.86 bits per heavy atom. The van der Waals surface area contributed by atoms with Crippen molar-refractivity contribution in [1.82, 2.24) is 20.4 Å². The number of likely N-dealkylation sites (tertiary alicyclic amines) is 1. The minimum Gasteiger partial charge on any atom is -0.483 e. The van der Waals surface area contributed by atoms with Crippen molar-refractivity contribution >= 4 is 23.3 Å². The van der Waals surface area contributed by atoms with Gasteiger partial charge in [0, 0.05) is 48.4 Å². The van der Waals surface area contributed by atoms with Crippen molar-refractivity contribution in [1.29, 1.82) is 0 Å². The van der Waals surface area contributed by atoms with Crippen LogP contribution >= 0.6 is 0 Å². The van der Waals surface area contributed by atoms with Crippen LogP contribution in [-0.4, -0.2) is 51.7 Å². The molecule has 8 nitrogen and oxygen atoms in total. The van der Waals surface area contributed by atoms with Crippen molar-refractivity contribution in [2.45, 2.75) is 25.4 Å². The largest absolute Gasteiger partial charge is 0.483 e. The van der Waals surface area contributed by atoms with Crippen LogP contribution in [0, 0.1) is 5.41 Å². The fourth-order valence-electron chi connectivity index (χ4n) is 4.02. The second-order valence-electron chi connectivity index (χ2n) is 7.35. The fourth-order valence-corrected chi connectivity index (χ4v) is 4.02. The number of H-pyrrole nitrogens is 1. The smallest absolute Gasteiger partial charge is 0.292 e. The van der Waals surface area contributed by atoms with Crippen LogP contribution in [0.5, 0.6) is 0 Å². The molecule has 0 unspecified atom stereocenters. The van der Waals surface area contributed by atoms with Crippen LogP contribution in [0.1, 0.15) is 29.1 Å². The molecule has 1 atom stereocenters. The van der Waals surface area contributed by atoms with E-state index in [0.29, 0.717) is 11.8 Å². The molecule has 1 saturated heterocycles. The van der Waals surface area contributed by atoms with E-state index in [0.717, 1.165) is 25.2 Å². The number of carboxylic acid groups (broad SMARTS) is 1. The molecule has 1 amide bonds. The number of aromatic nitrogens is 2. The fraction of sp³-hybridized carbons (Fsp3) is 0.350. The molecule has 5 rings (SSSR count). The molecule has 0 radical (unpaired) electrons. The summed E-state index contributed by atoms with van der Waals surface area (Å²) < 4.78 is 5.03. The maximum Gasteiger partial charge on any atom is 0.292 e. The van der Waals surface area contributed by atoms with Gasteiger partial charge in [0.2, 0.25) is 5.76 Å². The highest BCUT2D eigenvalue weighted by molar-refractivity contribution is 5.91. The van der Waals surface area contributed by atoms with Gasteiger partial charge in [0.25, 0.3) is 12.4 Å². The van der Waals surface area contributed by atoms with Crippen molar-refractivity contribution in [3.05, 3.63) is 54.0 Å². The first-order chi connectivity index (χ1) is 13.6. The third kappa shape index (κ3) is 3.50. The Balaban J connectivity index is 0.000000604. The highest BCUT2D eigenvalue weighted by atomic mass is 16.5. The normalized spacial score (nSPS) is 19.4. The van der Waals surface area contributed by atoms with Crippen molar-refractivity contribution in [2.75, 3.05) is 13.1 Å². The van der Waals surface area contributed by atoms with Gasteiger partial charge in [-0.15, -0.1) is 0 Å². The lowest BCUT2D eigenvalue weighted by Gasteiger charge is -2.17. The zero-order valence-electron chi connectivity index (χ0n) is 15.3. The Hall–Kier alpha value is -3.13. The van der Waals surface area contributed by atoms with Gasteiger partial charge < -0.3 is 24.8 Å². The van der Waals surface area contributed by atoms with E-state index in [1.54, 1.807) is 6.07 Å². The summed E-state index contributed by atoms with van der Waals surface area (Å²) in [6, 6.07) is 12.4. The SMILES string of the molecule is O=C(c1ccno1)N1C[C@H](NCc2cc3ccccc3[nH]2)C2(CC2)C1.O=CO. The molecule has 1 aliphatic heterocycles. The number of hydrogen-bond donors (Lipinski definition) is 3. The highest BCUT2D eigenvalue weighted by Gasteiger charge is 2.56. The van der Waals surface area contributed by atoms with E-state index in [9.17, 15) is 4.79 Å². The molecule has 146 valence electrons. The van der Waals surface area contributed by atoms with Gasteiger partial charge in [-0.25, -0.2) is 0 Å². The van der Waals surface area contributed by atoms with E-state index < -0.39 is 0 Å². The molecule has 28 heavy (non-hydrogen) atoms. The number of nitrogens with zero attached hydrogens (tertiary/aromatic N) is 2. The van der Waals surface area contributed by atoms with Gasteiger partial charge in [-0.2, -0.15) is 0 Å². The quantitative estimate of drug-likeness (QED) is 0.597. The van der Waals surface area contributed by atoms with Crippen molar-refractivity contribution in [3.63, 3.8) is 0 Å². The summed E-state index contributed by atoms with van der Waals surface area (Å²) in [6.07, 6.45) is 3.87. The van der Waals surface area contributed by atoms with Crippen LogP contribution in [0.25, 0.3) is 10.9 Å². The summed E-state index contributed by atoms with van der Waals surface area (Å²) in [5, 5.41) is 15.4. The van der Waals surface area contributed by atoms with Gasteiger partial charge in [-0.3, -0.25) is 9.59 Å². The Bertz CT molecular complexity index is 929. The van der Waals surface area contributed by atoms with E-state index in [1.165, 1.54) is 30.1 Å². The number of carbonyl (C=O) groups is 2. The first-order valence-electron chi connectivity index (χ1n) is 9.23. The zero-order chi connectivity index (χ0) is 19.6. The van der Waals surface area contributed by atoms with E-state index in [-0.39, 0.29) is 17.8 Å². The van der Waals surface area contributed by atoms with E-state index >= 15 is 0 Å². The molecule has 2 aliphatic rings. The van der Waals surface area contributed by atoms with Crippen LogP contribution in [0.3, 0.4) is 0 Å². The minimum atomic E-state index is -0.250. The standard InChI is InChI=1S/C19H20N4O2.CH2O2/c24-18(16-5-8-21-25-16)23-11-17(19(12-23)6-7-19)20-10-14-9-13-3-1-2-4-15(13)22-14;2-1-3/h1-5,8-9,17,20,22H,6-7,10-12H2;1H,(H,2,3)/t17-;/m0./s1. The third-order valence-electron chi connectivity index (χ3n) is 5.60. The van der Waals surface area contributed by atoms with Crippen LogP contribution < -0.4 is 5.32 Å². The summed E-state index contributed by atoms with van der Waals surface area (Å²) in [7, 11) is 0. The van der Waals surface area contributed by atoms with Crippen LogP contribution in [0.15, 0.2) is 47.1 Å². The first-order valence-corrected chi connectivity index (χ1v) is 9.23. The van der Waals surface area contributed by atoms with Gasteiger partial charge in [0.15, 0.2) is 0 Å². The maximum atomic E-state index is 12.5. The Morgan fingerprint density at radius 2 is 2.18 bits per heavy atom. The molecular formula is C20H22N4O4. The van der Waals surface area contributed by atoms with Crippen LogP contribution in [0.2, 0.25) is 0 Å². The molecule has 1 aromatic carbocycles. The summed E-state index contributed by atoms with van der Waals surface area (Å²) >= 11 is 0. The number of rotatable bonds is 4. The predicted octanol–water partition coefficient (Wildman–Crippen LogP) is 2.25. The molecule has 0 bridgehead atoms. The lowest BCUT2D eigenvalue weighted by Crippen LogP contribution is -2.37. The number of carbonyl (C=O) groups excluding carboxylic acids is 1. The average Bonchev–Trinajstić information content (AvgIpc) is 3.08. The number of aromatic amines is 1. The number of fused-ring (bicyclic) bond motifs is 1. The second kappa shape index (κ2) is 7.47. The molecule has 1 saturated carbocycles. The number of nitrogens with one attached hydrogen (secondary N) is 2. The molecule has 1 spiro atoms. The number of amides is 1. The first kappa shape index (κ1) is 18.2. The van der Waals surface area contributed by atoms with E-state index in [1.807, 2.05) is 11.0 Å². The summed E-state index contributed by atoms with van der Waals surface area (Å²) in [4.78, 5) is 26.2. The number of hydrogen-bond acceptors (Lipinski definition) is 5. The lowest BCUT2D eigenvalue weighted by atomic mass is 10.0. The third-order valence-corrected chi connectivity index (χ3v) is 5.60. The molecule has 3 N–H and O–H groups in total. The van der Waals surface area contributed by atoms with Crippen molar-refractivity contribution in [3.8, 4) is 0 Å². The molecule has 2 fully saturated rings. The zero-order valence-corrected chi connectivity index (χ0v) is 15.3. The van der Waals surface area contributed by atoms with Gasteiger partial charge >= 0.3 is 0 Å². The monoisotopic (exact) mass is 382 g/mol. The van der Waals surface area contributed by atoms with Gasteiger partial charge in [0.05, 0.1) is 6.20 Å². The van der Waals surface area contributed by atoms with Crippen LogP contribution in [0.4, 0.5) is 0 Å². The highest BCUT2D eigenvalue weighted by Crippen LogP contribution is 2.53. The minimum absolute atomic E-state index is 0.0568. The molecule has 8 heteroatoms. The number of benzene rings is 1. The molecular weight excluding hydrogens is 360 g/mol. The van der Waals surface area contributed by atoms with Gasteiger partial charge in [-0.05, 0) is 30.4 Å². The molecule has 1 aliphatic carbocycles. The molecule has 3 heterocycles. The average molecular weight is 382 g/mol. The van der Waals surface area contributed by atoms with E-state index in [4.69, 9.17) is 14.4 Å².